The molecule has 0 aliphatic heterocycles. The first-order chi connectivity index (χ1) is 14.7. The molecule has 31 heavy (non-hydrogen) atoms. The Morgan fingerprint density at radius 2 is 1.84 bits per heavy atom. The Balaban J connectivity index is 1.75. The maximum atomic E-state index is 13.9. The summed E-state index contributed by atoms with van der Waals surface area (Å²) < 4.78 is 43.3. The number of benzene rings is 2. The Morgan fingerprint density at radius 1 is 1.16 bits per heavy atom. The van der Waals surface area contributed by atoms with E-state index in [1.807, 2.05) is 0 Å². The molecule has 10 heteroatoms. The molecule has 0 spiro atoms. The van der Waals surface area contributed by atoms with Crippen LogP contribution in [0.4, 0.5) is 13.9 Å². The van der Waals surface area contributed by atoms with Crippen LogP contribution in [0, 0.1) is 18.6 Å². The van der Waals surface area contributed by atoms with Gasteiger partial charge in [-0.3, -0.25) is 14.5 Å². The molecule has 0 atom stereocenters. The van der Waals surface area contributed by atoms with Crippen LogP contribution in [0.2, 0.25) is 0 Å². The first-order valence-electron chi connectivity index (χ1n) is 9.08. The van der Waals surface area contributed by atoms with Gasteiger partial charge in [0.25, 0.3) is 0 Å². The van der Waals surface area contributed by atoms with Crippen LogP contribution in [-0.4, -0.2) is 23.8 Å². The van der Waals surface area contributed by atoms with Crippen molar-refractivity contribution in [2.45, 2.75) is 24.5 Å². The number of likely N-dealkylation sites (N-methyl/N-ethyl adjacent to an activating group) is 1. The van der Waals surface area contributed by atoms with Gasteiger partial charge < -0.3 is 8.57 Å². The van der Waals surface area contributed by atoms with E-state index in [-0.39, 0.29) is 17.9 Å². The molecule has 1 aromatic heterocycles. The molecular weight excluding hydrogens is 444 g/mol. The van der Waals surface area contributed by atoms with Crippen LogP contribution in [0.5, 0.6) is 0 Å². The van der Waals surface area contributed by atoms with Crippen molar-refractivity contribution in [1.82, 2.24) is 4.98 Å². The first-order valence-corrected chi connectivity index (χ1v) is 11.0. The molecule has 3 rings (SSSR count). The van der Waals surface area contributed by atoms with E-state index in [1.165, 1.54) is 11.8 Å². The summed E-state index contributed by atoms with van der Waals surface area (Å²) in [5.74, 6) is -1.89. The highest BCUT2D eigenvalue weighted by Gasteiger charge is 2.16. The standard InChI is InChI=1S/C21H18F2N3O3S2/c1-12-20(31(29)25-13(2)27)30-21(24-12)26(3)19(28)10-14-4-6-15(7-5-14)17-11-16(22)8-9-18(17)23/h4-9,11H,10H2,1-3H3/q-1. The van der Waals surface area contributed by atoms with Crippen LogP contribution in [0.25, 0.3) is 11.1 Å². The molecule has 0 aliphatic rings. The van der Waals surface area contributed by atoms with Crippen molar-refractivity contribution < 1.29 is 22.6 Å². The van der Waals surface area contributed by atoms with Crippen LogP contribution in [-0.2, 0) is 30.8 Å². The normalized spacial score (nSPS) is 12.0. The number of halogens is 2. The minimum absolute atomic E-state index is 0.0529. The van der Waals surface area contributed by atoms with Crippen LogP contribution in [0.15, 0.2) is 51.0 Å². The number of nitrogens with zero attached hydrogens (tertiary/aromatic N) is 3. The Bertz CT molecular complexity index is 1230. The lowest BCUT2D eigenvalue weighted by Gasteiger charge is -2.14. The number of hydrogen-bond acceptors (Lipinski definition) is 6. The Hall–Kier alpha value is -2.98. The fourth-order valence-corrected chi connectivity index (χ4v) is 4.77. The van der Waals surface area contributed by atoms with Gasteiger partial charge in [-0.15, -0.1) is 21.9 Å². The molecule has 0 N–H and O–H groups in total. The molecule has 0 bridgehead atoms. The second-order valence-corrected chi connectivity index (χ2v) is 9.00. The van der Waals surface area contributed by atoms with Crippen molar-refractivity contribution in [1.29, 1.82) is 0 Å². The zero-order chi connectivity index (χ0) is 22.7. The molecule has 0 radical (unpaired) electrons. The number of rotatable bonds is 5. The lowest BCUT2D eigenvalue weighted by molar-refractivity contribution is -0.118. The summed E-state index contributed by atoms with van der Waals surface area (Å²) in [5.41, 5.74) is 1.76. The first kappa shape index (κ1) is 22.7. The highest BCUT2D eigenvalue weighted by Crippen LogP contribution is 2.28. The number of carbonyl (C=O) groups excluding carboxylic acids is 2. The molecule has 0 aliphatic carbocycles. The van der Waals surface area contributed by atoms with E-state index >= 15 is 0 Å². The van der Waals surface area contributed by atoms with Crippen molar-refractivity contribution in [3.8, 4) is 11.1 Å². The summed E-state index contributed by atoms with van der Waals surface area (Å²) >= 11 is 1.03. The van der Waals surface area contributed by atoms with Crippen LogP contribution >= 0.6 is 11.3 Å². The highest BCUT2D eigenvalue weighted by atomic mass is 32.2. The Labute approximate surface area is 183 Å². The SMILES string of the molecule is CC(=O)N=[S-](=O)c1sc(N(C)C(=O)Cc2ccc(-c3cc(F)ccc3F)cc2)nc1C. The maximum absolute atomic E-state index is 13.9. The molecule has 2 amide bonds. The average molecular weight is 463 g/mol. The zero-order valence-corrected chi connectivity index (χ0v) is 18.5. The van der Waals surface area contributed by atoms with Gasteiger partial charge in [0.1, 0.15) is 11.6 Å². The lowest BCUT2D eigenvalue weighted by Crippen LogP contribution is -2.27. The second-order valence-electron chi connectivity index (χ2n) is 6.68. The van der Waals surface area contributed by atoms with Crippen molar-refractivity contribution in [2.24, 2.45) is 4.36 Å². The second kappa shape index (κ2) is 9.44. The summed E-state index contributed by atoms with van der Waals surface area (Å²) in [6.07, 6.45) is 0.0529. The molecule has 162 valence electrons. The Morgan fingerprint density at radius 3 is 2.48 bits per heavy atom. The molecule has 3 aromatic rings. The summed E-state index contributed by atoms with van der Waals surface area (Å²) in [6.45, 7) is 2.84. The van der Waals surface area contributed by atoms with Gasteiger partial charge >= 0.3 is 0 Å². The van der Waals surface area contributed by atoms with Gasteiger partial charge in [0.15, 0.2) is 5.13 Å². The molecule has 1 heterocycles. The van der Waals surface area contributed by atoms with Gasteiger partial charge in [-0.25, -0.2) is 13.8 Å². The molecule has 0 fully saturated rings. The largest absolute Gasteiger partial charge is 0.439 e. The maximum Gasteiger partial charge on any atom is 0.232 e. The lowest BCUT2D eigenvalue weighted by atomic mass is 10.0. The van der Waals surface area contributed by atoms with Crippen molar-refractivity contribution in [2.75, 3.05) is 11.9 Å². The van der Waals surface area contributed by atoms with Crippen molar-refractivity contribution in [3.05, 3.63) is 65.4 Å². The monoisotopic (exact) mass is 462 g/mol. The highest BCUT2D eigenvalue weighted by molar-refractivity contribution is 7.78. The van der Waals surface area contributed by atoms with E-state index in [1.54, 1.807) is 38.2 Å². The van der Waals surface area contributed by atoms with Crippen LogP contribution < -0.4 is 4.90 Å². The molecule has 2 aromatic carbocycles. The van der Waals surface area contributed by atoms with Crippen LogP contribution in [0.3, 0.4) is 0 Å². The molecular formula is C21H18F2N3O3S2-. The predicted molar refractivity (Wildman–Crippen MR) is 115 cm³/mol. The number of thiazole rings is 1. The van der Waals surface area contributed by atoms with Gasteiger partial charge in [0.05, 0.1) is 6.42 Å². The number of hydrogen-bond donors (Lipinski definition) is 0. The quantitative estimate of drug-likeness (QED) is 0.517. The summed E-state index contributed by atoms with van der Waals surface area (Å²) in [5, 5.41) is 0.336. The number of aromatic nitrogens is 1. The number of carbonyl (C=O) groups is 2. The predicted octanol–water partition coefficient (Wildman–Crippen LogP) is 4.66. The van der Waals surface area contributed by atoms with E-state index in [2.05, 4.69) is 9.35 Å². The minimum Gasteiger partial charge on any atom is -0.439 e. The van der Waals surface area contributed by atoms with E-state index in [0.29, 0.717) is 26.2 Å². The van der Waals surface area contributed by atoms with E-state index in [0.717, 1.165) is 29.5 Å². The minimum atomic E-state index is -1.86. The smallest absolute Gasteiger partial charge is 0.232 e. The fraction of sp³-hybridized carbons (Fsp3) is 0.190. The number of aryl methyl sites for hydroxylation is 1. The third-order valence-corrected chi connectivity index (χ3v) is 7.06. The molecule has 0 saturated carbocycles. The third kappa shape index (κ3) is 5.39. The summed E-state index contributed by atoms with van der Waals surface area (Å²) in [4.78, 5) is 29.3. The fourth-order valence-electron chi connectivity index (χ4n) is 2.75. The van der Waals surface area contributed by atoms with Crippen LogP contribution in [0.1, 0.15) is 18.2 Å². The molecule has 6 nitrogen and oxygen atoms in total. The van der Waals surface area contributed by atoms with Gasteiger partial charge in [-0.05, 0) is 40.5 Å². The zero-order valence-electron chi connectivity index (χ0n) is 16.9. The third-order valence-electron chi connectivity index (χ3n) is 4.32. The van der Waals surface area contributed by atoms with E-state index in [4.69, 9.17) is 0 Å². The van der Waals surface area contributed by atoms with Gasteiger partial charge in [0, 0.05) is 25.2 Å². The topological polar surface area (TPSA) is 79.7 Å². The van der Waals surface area contributed by atoms with E-state index in [9.17, 15) is 22.6 Å². The van der Waals surface area contributed by atoms with Crippen molar-refractivity contribution in [3.63, 3.8) is 0 Å². The number of anilines is 1. The molecule has 0 saturated heterocycles. The Kier molecular flexibility index (Phi) is 6.91. The number of amides is 2. The molecule has 0 unspecified atom stereocenters. The van der Waals surface area contributed by atoms with Gasteiger partial charge in [0.2, 0.25) is 11.8 Å². The van der Waals surface area contributed by atoms with Gasteiger partial charge in [-0.1, -0.05) is 24.3 Å². The van der Waals surface area contributed by atoms with E-state index < -0.39 is 28.1 Å². The van der Waals surface area contributed by atoms with Gasteiger partial charge in [-0.2, -0.15) is 0 Å². The summed E-state index contributed by atoms with van der Waals surface area (Å²) in [7, 11) is -0.313. The average Bonchev–Trinajstić information content (AvgIpc) is 3.11. The summed E-state index contributed by atoms with van der Waals surface area (Å²) in [6, 6.07) is 9.83. The van der Waals surface area contributed by atoms with Crippen molar-refractivity contribution >= 4 is 38.9 Å².